The lowest BCUT2D eigenvalue weighted by Gasteiger charge is -2.36. The van der Waals surface area contributed by atoms with E-state index in [4.69, 9.17) is 4.74 Å². The first-order valence-electron chi connectivity index (χ1n) is 7.43. The molecule has 1 aromatic carbocycles. The fourth-order valence-corrected chi connectivity index (χ4v) is 2.73. The van der Waals surface area contributed by atoms with Gasteiger partial charge in [0.1, 0.15) is 0 Å². The topological polar surface area (TPSA) is 41.6 Å². The maximum Gasteiger partial charge on any atom is 0.227 e. The minimum atomic E-state index is 0.159. The summed E-state index contributed by atoms with van der Waals surface area (Å²) in [6, 6.07) is 8.13. The molecule has 0 spiro atoms. The van der Waals surface area contributed by atoms with Crippen molar-refractivity contribution in [3.05, 3.63) is 24.3 Å². The summed E-state index contributed by atoms with van der Waals surface area (Å²) >= 11 is 0. The standard InChI is InChI=1S/C16H22N2O2/c1-11-9-18(10-12(2)20-11)15-7-5-14(6-8-15)17-16(19)13-3-4-13/h5-8,11-13H,3-4,9-10H2,1-2H3,(H,17,19)/t11-,12-/m1/s1. The number of anilines is 2. The number of amides is 1. The highest BCUT2D eigenvalue weighted by Gasteiger charge is 2.29. The van der Waals surface area contributed by atoms with Crippen LogP contribution in [0.1, 0.15) is 26.7 Å². The van der Waals surface area contributed by atoms with Gasteiger partial charge in [-0.15, -0.1) is 0 Å². The average Bonchev–Trinajstić information content (AvgIpc) is 3.22. The van der Waals surface area contributed by atoms with Crippen LogP contribution in [0.4, 0.5) is 11.4 Å². The Morgan fingerprint density at radius 2 is 1.75 bits per heavy atom. The van der Waals surface area contributed by atoms with Gasteiger partial charge in [-0.2, -0.15) is 0 Å². The number of morpholine rings is 1. The minimum absolute atomic E-state index is 0.159. The Labute approximate surface area is 120 Å². The summed E-state index contributed by atoms with van der Waals surface area (Å²) in [6.07, 6.45) is 2.59. The first-order chi connectivity index (χ1) is 9.61. The fraction of sp³-hybridized carbons (Fsp3) is 0.562. The van der Waals surface area contributed by atoms with Gasteiger partial charge in [0.05, 0.1) is 12.2 Å². The van der Waals surface area contributed by atoms with E-state index in [1.807, 2.05) is 12.1 Å². The Balaban J connectivity index is 1.64. The van der Waals surface area contributed by atoms with Gasteiger partial charge in [-0.3, -0.25) is 4.79 Å². The third-order valence-corrected chi connectivity index (χ3v) is 3.87. The smallest absolute Gasteiger partial charge is 0.227 e. The molecule has 1 aliphatic heterocycles. The van der Waals surface area contributed by atoms with E-state index >= 15 is 0 Å². The molecule has 0 bridgehead atoms. The van der Waals surface area contributed by atoms with Crippen LogP contribution in [0, 0.1) is 5.92 Å². The van der Waals surface area contributed by atoms with E-state index in [9.17, 15) is 4.79 Å². The molecule has 1 saturated heterocycles. The number of nitrogens with zero attached hydrogens (tertiary/aromatic N) is 1. The molecule has 2 aliphatic rings. The lowest BCUT2D eigenvalue weighted by molar-refractivity contribution is -0.117. The molecule has 0 aromatic heterocycles. The van der Waals surface area contributed by atoms with Crippen LogP contribution in [-0.2, 0) is 9.53 Å². The van der Waals surface area contributed by atoms with Gasteiger partial charge in [0, 0.05) is 30.4 Å². The van der Waals surface area contributed by atoms with Gasteiger partial charge in [-0.05, 0) is 51.0 Å². The van der Waals surface area contributed by atoms with E-state index in [1.54, 1.807) is 0 Å². The van der Waals surface area contributed by atoms with Crippen LogP contribution in [0.2, 0.25) is 0 Å². The van der Waals surface area contributed by atoms with Crippen molar-refractivity contribution >= 4 is 17.3 Å². The molecule has 2 atom stereocenters. The van der Waals surface area contributed by atoms with Crippen LogP contribution < -0.4 is 10.2 Å². The van der Waals surface area contributed by atoms with Gasteiger partial charge >= 0.3 is 0 Å². The normalized spacial score (nSPS) is 26.4. The number of carbonyl (C=O) groups excluding carboxylic acids is 1. The summed E-state index contributed by atoms with van der Waals surface area (Å²) in [5.41, 5.74) is 2.08. The van der Waals surface area contributed by atoms with Crippen molar-refractivity contribution in [3.63, 3.8) is 0 Å². The maximum atomic E-state index is 11.7. The van der Waals surface area contributed by atoms with Gasteiger partial charge < -0.3 is 15.0 Å². The number of carbonyl (C=O) groups is 1. The Bertz CT molecular complexity index is 472. The predicted octanol–water partition coefficient (Wildman–Crippen LogP) is 2.65. The second-order valence-electron chi connectivity index (χ2n) is 5.97. The lowest BCUT2D eigenvalue weighted by atomic mass is 10.2. The second kappa shape index (κ2) is 5.44. The van der Waals surface area contributed by atoms with E-state index in [1.165, 1.54) is 5.69 Å². The molecule has 1 heterocycles. The molecule has 1 aromatic rings. The van der Waals surface area contributed by atoms with E-state index in [2.05, 4.69) is 36.2 Å². The Kier molecular flexibility index (Phi) is 3.66. The van der Waals surface area contributed by atoms with E-state index in [0.717, 1.165) is 31.6 Å². The number of benzene rings is 1. The molecule has 1 amide bonds. The fourth-order valence-electron chi connectivity index (χ4n) is 2.73. The van der Waals surface area contributed by atoms with Crippen molar-refractivity contribution in [3.8, 4) is 0 Å². The zero-order valence-corrected chi connectivity index (χ0v) is 12.1. The highest BCUT2D eigenvalue weighted by Crippen LogP contribution is 2.30. The van der Waals surface area contributed by atoms with Gasteiger partial charge in [-0.1, -0.05) is 0 Å². The van der Waals surface area contributed by atoms with Crippen molar-refractivity contribution in [2.24, 2.45) is 5.92 Å². The quantitative estimate of drug-likeness (QED) is 0.921. The number of hydrogen-bond acceptors (Lipinski definition) is 3. The molecule has 4 heteroatoms. The van der Waals surface area contributed by atoms with Crippen molar-refractivity contribution in [1.29, 1.82) is 0 Å². The molecule has 1 aliphatic carbocycles. The van der Waals surface area contributed by atoms with Gasteiger partial charge in [0.25, 0.3) is 0 Å². The number of hydrogen-bond donors (Lipinski definition) is 1. The first kappa shape index (κ1) is 13.4. The van der Waals surface area contributed by atoms with Gasteiger partial charge in [-0.25, -0.2) is 0 Å². The zero-order valence-electron chi connectivity index (χ0n) is 12.1. The summed E-state index contributed by atoms with van der Waals surface area (Å²) in [7, 11) is 0. The molecule has 1 saturated carbocycles. The average molecular weight is 274 g/mol. The number of rotatable bonds is 3. The molecule has 2 fully saturated rings. The van der Waals surface area contributed by atoms with Crippen molar-refractivity contribution in [1.82, 2.24) is 0 Å². The van der Waals surface area contributed by atoms with Crippen LogP contribution in [0.25, 0.3) is 0 Å². The lowest BCUT2D eigenvalue weighted by Crippen LogP contribution is -2.45. The third kappa shape index (κ3) is 3.12. The van der Waals surface area contributed by atoms with Crippen LogP contribution in [0.3, 0.4) is 0 Å². The predicted molar refractivity (Wildman–Crippen MR) is 80.0 cm³/mol. The Morgan fingerprint density at radius 1 is 1.15 bits per heavy atom. The molecule has 4 nitrogen and oxygen atoms in total. The first-order valence-corrected chi connectivity index (χ1v) is 7.43. The monoisotopic (exact) mass is 274 g/mol. The van der Waals surface area contributed by atoms with Crippen LogP contribution in [-0.4, -0.2) is 31.2 Å². The summed E-state index contributed by atoms with van der Waals surface area (Å²) in [5.74, 6) is 0.405. The Morgan fingerprint density at radius 3 is 2.30 bits per heavy atom. The van der Waals surface area contributed by atoms with Crippen LogP contribution >= 0.6 is 0 Å². The van der Waals surface area contributed by atoms with Crippen LogP contribution in [0.15, 0.2) is 24.3 Å². The van der Waals surface area contributed by atoms with Crippen molar-refractivity contribution < 1.29 is 9.53 Å². The highest BCUT2D eigenvalue weighted by atomic mass is 16.5. The van der Waals surface area contributed by atoms with Gasteiger partial charge in [0.15, 0.2) is 0 Å². The molecule has 20 heavy (non-hydrogen) atoms. The summed E-state index contributed by atoms with van der Waals surface area (Å²) in [6.45, 7) is 6.04. The second-order valence-corrected chi connectivity index (χ2v) is 5.97. The third-order valence-electron chi connectivity index (χ3n) is 3.87. The number of nitrogens with one attached hydrogen (secondary N) is 1. The molecule has 0 unspecified atom stereocenters. The Hall–Kier alpha value is -1.55. The van der Waals surface area contributed by atoms with Crippen molar-refractivity contribution in [2.75, 3.05) is 23.3 Å². The summed E-state index contributed by atoms with van der Waals surface area (Å²) in [4.78, 5) is 14.0. The molecule has 108 valence electrons. The molecule has 1 N–H and O–H groups in total. The SMILES string of the molecule is C[C@@H]1CN(c2ccc(NC(=O)C3CC3)cc2)C[C@@H](C)O1. The largest absolute Gasteiger partial charge is 0.372 e. The highest BCUT2D eigenvalue weighted by molar-refractivity contribution is 5.94. The molecular weight excluding hydrogens is 252 g/mol. The zero-order chi connectivity index (χ0) is 14.1. The summed E-state index contributed by atoms with van der Waals surface area (Å²) in [5, 5.41) is 2.97. The van der Waals surface area contributed by atoms with E-state index in [-0.39, 0.29) is 24.0 Å². The molecule has 3 rings (SSSR count). The minimum Gasteiger partial charge on any atom is -0.372 e. The van der Waals surface area contributed by atoms with Gasteiger partial charge in [0.2, 0.25) is 5.91 Å². The molecular formula is C16H22N2O2. The molecule has 0 radical (unpaired) electrons. The van der Waals surface area contributed by atoms with E-state index in [0.29, 0.717) is 0 Å². The number of ether oxygens (including phenoxy) is 1. The van der Waals surface area contributed by atoms with Crippen molar-refractivity contribution in [2.45, 2.75) is 38.9 Å². The van der Waals surface area contributed by atoms with E-state index < -0.39 is 0 Å². The summed E-state index contributed by atoms with van der Waals surface area (Å²) < 4.78 is 5.75. The van der Waals surface area contributed by atoms with Crippen LogP contribution in [0.5, 0.6) is 0 Å². The maximum absolute atomic E-state index is 11.7.